The number of ether oxygens (including phenoxy) is 1. The smallest absolute Gasteiger partial charge is 0.341 e. The molecule has 0 amide bonds. The van der Waals surface area contributed by atoms with E-state index in [4.69, 9.17) is 4.74 Å². The summed E-state index contributed by atoms with van der Waals surface area (Å²) < 4.78 is 18.3. The van der Waals surface area contributed by atoms with Crippen LogP contribution in [0.1, 0.15) is 42.3 Å². The largest absolute Gasteiger partial charge is 0.462 e. The maximum absolute atomic E-state index is 13.6. The van der Waals surface area contributed by atoms with E-state index in [1.165, 1.54) is 19.1 Å². The van der Waals surface area contributed by atoms with Crippen LogP contribution in [0.3, 0.4) is 0 Å². The van der Waals surface area contributed by atoms with Crippen LogP contribution in [0, 0.1) is 5.82 Å². The molecule has 0 saturated carbocycles. The summed E-state index contributed by atoms with van der Waals surface area (Å²) in [6, 6.07) is 3.51. The number of carbonyl (C=O) groups is 2. The Balaban J connectivity index is 2.80. The van der Waals surface area contributed by atoms with E-state index in [-0.39, 0.29) is 29.3 Å². The minimum absolute atomic E-state index is 0.0759. The zero-order chi connectivity index (χ0) is 16.7. The van der Waals surface area contributed by atoms with Crippen LogP contribution in [0.25, 0.3) is 0 Å². The SMILES string of the molecule is CCOC(=O)c1cc(C(O)C(O)CCSC(C)=O)ccc1F. The standard InChI is InChI=1S/C15H19FO5S/c1-3-21-15(20)11-8-10(4-5-12(11)16)14(19)13(18)6-7-22-9(2)17/h4-5,8,13-14,18-19H,3,6-7H2,1-2H3. The van der Waals surface area contributed by atoms with Crippen LogP contribution in [-0.2, 0) is 9.53 Å². The number of benzene rings is 1. The fourth-order valence-corrected chi connectivity index (χ4v) is 2.44. The van der Waals surface area contributed by atoms with Crippen LogP contribution < -0.4 is 0 Å². The predicted octanol–water partition coefficient (Wildman–Crippen LogP) is 2.07. The molecule has 22 heavy (non-hydrogen) atoms. The van der Waals surface area contributed by atoms with Gasteiger partial charge >= 0.3 is 5.97 Å². The second-order valence-electron chi connectivity index (χ2n) is 4.60. The van der Waals surface area contributed by atoms with Gasteiger partial charge < -0.3 is 14.9 Å². The van der Waals surface area contributed by atoms with Crippen LogP contribution in [-0.4, -0.2) is 39.8 Å². The van der Waals surface area contributed by atoms with Gasteiger partial charge in [-0.2, -0.15) is 0 Å². The summed E-state index contributed by atoms with van der Waals surface area (Å²) in [6.45, 7) is 3.12. The minimum atomic E-state index is -1.28. The Morgan fingerprint density at radius 1 is 1.36 bits per heavy atom. The van der Waals surface area contributed by atoms with Crippen molar-refractivity contribution < 1.29 is 28.9 Å². The second kappa shape index (κ2) is 8.87. The molecule has 0 fully saturated rings. The molecule has 0 aliphatic carbocycles. The number of halogens is 1. The Kier molecular flexibility index (Phi) is 7.50. The van der Waals surface area contributed by atoms with Crippen molar-refractivity contribution in [1.82, 2.24) is 0 Å². The number of aliphatic hydroxyl groups excluding tert-OH is 2. The first-order valence-corrected chi connectivity index (χ1v) is 7.81. The fraction of sp³-hybridized carbons (Fsp3) is 0.467. The van der Waals surface area contributed by atoms with Crippen molar-refractivity contribution >= 4 is 22.8 Å². The molecule has 5 nitrogen and oxygen atoms in total. The monoisotopic (exact) mass is 330 g/mol. The molecule has 122 valence electrons. The van der Waals surface area contributed by atoms with Crippen LogP contribution in [0.2, 0.25) is 0 Å². The average Bonchev–Trinajstić information content (AvgIpc) is 2.46. The highest BCUT2D eigenvalue weighted by Gasteiger charge is 2.21. The molecule has 2 unspecified atom stereocenters. The van der Waals surface area contributed by atoms with E-state index < -0.39 is 24.0 Å². The number of aliphatic hydroxyl groups is 2. The molecule has 0 saturated heterocycles. The number of thioether (sulfide) groups is 1. The van der Waals surface area contributed by atoms with E-state index in [1.54, 1.807) is 6.92 Å². The first-order valence-electron chi connectivity index (χ1n) is 6.82. The second-order valence-corrected chi connectivity index (χ2v) is 5.87. The maximum atomic E-state index is 13.6. The van der Waals surface area contributed by atoms with Crippen molar-refractivity contribution in [2.45, 2.75) is 32.5 Å². The number of hydrogen-bond donors (Lipinski definition) is 2. The number of hydrogen-bond acceptors (Lipinski definition) is 6. The third kappa shape index (κ3) is 5.40. The van der Waals surface area contributed by atoms with Crippen molar-refractivity contribution in [3.05, 3.63) is 35.1 Å². The van der Waals surface area contributed by atoms with Gasteiger partial charge in [0, 0.05) is 12.7 Å². The van der Waals surface area contributed by atoms with E-state index in [1.807, 2.05) is 0 Å². The Hall–Kier alpha value is -1.44. The summed E-state index contributed by atoms with van der Waals surface area (Å²) in [4.78, 5) is 22.4. The lowest BCUT2D eigenvalue weighted by atomic mass is 10.0. The van der Waals surface area contributed by atoms with Gasteiger partial charge in [0.25, 0.3) is 0 Å². The highest BCUT2D eigenvalue weighted by Crippen LogP contribution is 2.23. The van der Waals surface area contributed by atoms with Crippen LogP contribution in [0.5, 0.6) is 0 Å². The Morgan fingerprint density at radius 3 is 2.64 bits per heavy atom. The average molecular weight is 330 g/mol. The van der Waals surface area contributed by atoms with E-state index in [9.17, 15) is 24.2 Å². The number of carbonyl (C=O) groups excluding carboxylic acids is 2. The predicted molar refractivity (Wildman–Crippen MR) is 81.1 cm³/mol. The molecule has 2 N–H and O–H groups in total. The molecular weight excluding hydrogens is 311 g/mol. The Bertz CT molecular complexity index is 535. The Labute approximate surface area is 132 Å². The lowest BCUT2D eigenvalue weighted by Crippen LogP contribution is -2.20. The first-order chi connectivity index (χ1) is 10.4. The van der Waals surface area contributed by atoms with Gasteiger partial charge in [-0.15, -0.1) is 0 Å². The van der Waals surface area contributed by atoms with Gasteiger partial charge in [0.15, 0.2) is 5.12 Å². The highest BCUT2D eigenvalue weighted by atomic mass is 32.2. The van der Waals surface area contributed by atoms with Gasteiger partial charge in [-0.25, -0.2) is 9.18 Å². The maximum Gasteiger partial charge on any atom is 0.341 e. The van der Waals surface area contributed by atoms with E-state index in [2.05, 4.69) is 0 Å². The molecule has 1 aromatic rings. The third-order valence-corrected chi connectivity index (χ3v) is 3.76. The van der Waals surface area contributed by atoms with Crippen molar-refractivity contribution in [3.8, 4) is 0 Å². The lowest BCUT2D eigenvalue weighted by molar-refractivity contribution is -0.109. The van der Waals surface area contributed by atoms with E-state index in [0.29, 0.717) is 5.75 Å². The van der Waals surface area contributed by atoms with Gasteiger partial charge in [0.2, 0.25) is 0 Å². The molecule has 0 aliphatic heterocycles. The quantitative estimate of drug-likeness (QED) is 0.745. The fourth-order valence-electron chi connectivity index (χ4n) is 1.80. The first kappa shape index (κ1) is 18.6. The summed E-state index contributed by atoms with van der Waals surface area (Å²) in [6.07, 6.45) is -2.20. The van der Waals surface area contributed by atoms with Gasteiger partial charge in [0.05, 0.1) is 18.3 Å². The molecule has 0 heterocycles. The summed E-state index contributed by atoms with van der Waals surface area (Å²) in [5.41, 5.74) is -0.0755. The van der Waals surface area contributed by atoms with Crippen molar-refractivity contribution in [2.75, 3.05) is 12.4 Å². The molecule has 0 aliphatic rings. The molecule has 2 atom stereocenters. The van der Waals surface area contributed by atoms with Crippen molar-refractivity contribution in [3.63, 3.8) is 0 Å². The topological polar surface area (TPSA) is 83.8 Å². The molecule has 1 rings (SSSR count). The molecule has 0 bridgehead atoms. The Morgan fingerprint density at radius 2 is 2.05 bits per heavy atom. The van der Waals surface area contributed by atoms with Gasteiger partial charge in [-0.3, -0.25) is 4.79 Å². The van der Waals surface area contributed by atoms with E-state index >= 15 is 0 Å². The van der Waals surface area contributed by atoms with Crippen LogP contribution >= 0.6 is 11.8 Å². The molecule has 1 aromatic carbocycles. The lowest BCUT2D eigenvalue weighted by Gasteiger charge is -2.18. The highest BCUT2D eigenvalue weighted by molar-refractivity contribution is 8.13. The van der Waals surface area contributed by atoms with Crippen LogP contribution in [0.4, 0.5) is 4.39 Å². The third-order valence-electron chi connectivity index (χ3n) is 2.91. The van der Waals surface area contributed by atoms with Gasteiger partial charge in [-0.1, -0.05) is 17.8 Å². The summed E-state index contributed by atoms with van der Waals surface area (Å²) >= 11 is 1.05. The normalized spacial score (nSPS) is 13.5. The van der Waals surface area contributed by atoms with Crippen LogP contribution in [0.15, 0.2) is 18.2 Å². The summed E-state index contributed by atoms with van der Waals surface area (Å²) in [7, 11) is 0. The van der Waals surface area contributed by atoms with Crippen molar-refractivity contribution in [2.24, 2.45) is 0 Å². The number of esters is 1. The molecule has 7 heteroatoms. The van der Waals surface area contributed by atoms with Crippen molar-refractivity contribution in [1.29, 1.82) is 0 Å². The summed E-state index contributed by atoms with van der Waals surface area (Å²) in [5.74, 6) is -1.22. The zero-order valence-electron chi connectivity index (χ0n) is 12.4. The molecule has 0 aromatic heterocycles. The molecular formula is C15H19FO5S. The van der Waals surface area contributed by atoms with Gasteiger partial charge in [-0.05, 0) is 31.0 Å². The van der Waals surface area contributed by atoms with Gasteiger partial charge in [0.1, 0.15) is 11.9 Å². The summed E-state index contributed by atoms with van der Waals surface area (Å²) in [5, 5.41) is 19.9. The molecule has 0 radical (unpaired) electrons. The molecule has 0 spiro atoms. The number of rotatable bonds is 7. The van der Waals surface area contributed by atoms with E-state index in [0.717, 1.165) is 17.8 Å². The minimum Gasteiger partial charge on any atom is -0.462 e. The zero-order valence-corrected chi connectivity index (χ0v) is 13.2.